The van der Waals surface area contributed by atoms with E-state index in [4.69, 9.17) is 4.74 Å². The quantitative estimate of drug-likeness (QED) is 0.447. The van der Waals surface area contributed by atoms with Crippen molar-refractivity contribution in [2.24, 2.45) is 11.8 Å². The third kappa shape index (κ3) is 3.41. The third-order valence-electron chi connectivity index (χ3n) is 6.74. The highest BCUT2D eigenvalue weighted by molar-refractivity contribution is 5.90. The number of hydrogen-bond acceptors (Lipinski definition) is 4. The molecule has 3 aliphatic rings. The van der Waals surface area contributed by atoms with E-state index in [1.165, 1.54) is 6.42 Å². The van der Waals surface area contributed by atoms with Gasteiger partial charge in [0.05, 0.1) is 17.1 Å². The molecule has 6 rings (SSSR count). The fourth-order valence-electron chi connectivity index (χ4n) is 5.17. The molecule has 0 radical (unpaired) electrons. The molecule has 0 spiro atoms. The second-order valence-corrected chi connectivity index (χ2v) is 8.36. The third-order valence-corrected chi connectivity index (χ3v) is 6.74. The summed E-state index contributed by atoms with van der Waals surface area (Å²) in [7, 11) is 0. The van der Waals surface area contributed by atoms with Gasteiger partial charge in [-0.1, -0.05) is 42.5 Å². The van der Waals surface area contributed by atoms with Crippen LogP contribution in [0.4, 0.5) is 0 Å². The molecule has 3 saturated heterocycles. The lowest BCUT2D eigenvalue weighted by Gasteiger charge is -2.51. The van der Waals surface area contributed by atoms with Crippen LogP contribution < -0.4 is 0 Å². The Kier molecular flexibility index (Phi) is 5.09. The predicted octanol–water partition coefficient (Wildman–Crippen LogP) is 5.03. The van der Waals surface area contributed by atoms with Gasteiger partial charge in [-0.05, 0) is 55.5 Å². The highest BCUT2D eigenvalue weighted by atomic mass is 16.5. The summed E-state index contributed by atoms with van der Waals surface area (Å²) in [4.78, 5) is 20.1. The highest BCUT2D eigenvalue weighted by Crippen LogP contribution is 2.43. The first-order chi connectivity index (χ1) is 14.7. The van der Waals surface area contributed by atoms with Gasteiger partial charge in [-0.3, -0.25) is 9.88 Å². The Morgan fingerprint density at radius 1 is 1.13 bits per heavy atom. The Labute approximate surface area is 177 Å². The van der Waals surface area contributed by atoms with Crippen LogP contribution in [0.5, 0.6) is 0 Å². The van der Waals surface area contributed by atoms with E-state index in [1.54, 1.807) is 0 Å². The summed E-state index contributed by atoms with van der Waals surface area (Å²) in [5.41, 5.74) is 2.55. The molecule has 0 saturated carbocycles. The molecule has 4 heterocycles. The molecule has 3 aromatic rings. The van der Waals surface area contributed by atoms with Crippen LogP contribution in [0.2, 0.25) is 0 Å². The van der Waals surface area contributed by atoms with E-state index in [0.717, 1.165) is 36.0 Å². The minimum Gasteiger partial charge on any atom is -0.452 e. The predicted molar refractivity (Wildman–Crippen MR) is 118 cm³/mol. The summed E-state index contributed by atoms with van der Waals surface area (Å²) in [5.74, 6) is 0.850. The number of nitrogens with zero attached hydrogens (tertiary/aromatic N) is 2. The molecule has 0 aliphatic carbocycles. The molecule has 3 fully saturated rings. The molecule has 5 atom stereocenters. The SMILES string of the molecule is C=C[C@@H]1CN2CC[C@@H]1C[C@@H]2[C@H](OC(=O)c1ccccc1)c1ccnc2ccccc12. The summed E-state index contributed by atoms with van der Waals surface area (Å²) in [6, 6.07) is 19.5. The number of benzene rings is 2. The number of piperidine rings is 3. The van der Waals surface area contributed by atoms with Gasteiger partial charge in [-0.2, -0.15) is 0 Å². The van der Waals surface area contributed by atoms with E-state index in [1.807, 2.05) is 60.8 Å². The zero-order valence-electron chi connectivity index (χ0n) is 17.0. The number of para-hydroxylation sites is 1. The van der Waals surface area contributed by atoms with Gasteiger partial charge in [0.2, 0.25) is 0 Å². The molecular weight excluding hydrogens is 372 g/mol. The lowest BCUT2D eigenvalue weighted by atomic mass is 9.73. The van der Waals surface area contributed by atoms with Gasteiger partial charge < -0.3 is 4.74 Å². The first kappa shape index (κ1) is 19.0. The van der Waals surface area contributed by atoms with Crippen LogP contribution in [0.25, 0.3) is 10.9 Å². The lowest BCUT2D eigenvalue weighted by Crippen LogP contribution is -2.55. The van der Waals surface area contributed by atoms with Crippen molar-refractivity contribution in [3.05, 3.63) is 90.6 Å². The maximum atomic E-state index is 13.1. The summed E-state index contributed by atoms with van der Waals surface area (Å²) >= 11 is 0. The molecule has 2 aromatic carbocycles. The Morgan fingerprint density at radius 3 is 2.70 bits per heavy atom. The van der Waals surface area contributed by atoms with Crippen LogP contribution in [0.3, 0.4) is 0 Å². The lowest BCUT2D eigenvalue weighted by molar-refractivity contribution is -0.0568. The fraction of sp³-hybridized carbons (Fsp3) is 0.308. The minimum absolute atomic E-state index is 0.165. The molecule has 2 bridgehead atoms. The Hall–Kier alpha value is -2.98. The molecule has 4 nitrogen and oxygen atoms in total. The molecular formula is C26H26N2O2. The van der Waals surface area contributed by atoms with Gasteiger partial charge in [0.15, 0.2) is 0 Å². The zero-order valence-corrected chi connectivity index (χ0v) is 17.0. The molecule has 4 heteroatoms. The van der Waals surface area contributed by atoms with E-state index in [-0.39, 0.29) is 18.1 Å². The van der Waals surface area contributed by atoms with Crippen molar-refractivity contribution in [3.63, 3.8) is 0 Å². The number of hydrogen-bond donors (Lipinski definition) is 0. The van der Waals surface area contributed by atoms with Crippen LogP contribution in [-0.4, -0.2) is 35.0 Å². The Balaban J connectivity index is 1.54. The van der Waals surface area contributed by atoms with Gasteiger partial charge in [0, 0.05) is 23.7 Å². The van der Waals surface area contributed by atoms with Crippen molar-refractivity contribution in [3.8, 4) is 0 Å². The topological polar surface area (TPSA) is 42.4 Å². The molecule has 0 N–H and O–H groups in total. The number of ether oxygens (including phenoxy) is 1. The molecule has 152 valence electrons. The van der Waals surface area contributed by atoms with Crippen LogP contribution in [0.15, 0.2) is 79.5 Å². The van der Waals surface area contributed by atoms with Crippen LogP contribution in [0.1, 0.15) is 34.9 Å². The average Bonchev–Trinajstić information content (AvgIpc) is 2.83. The first-order valence-corrected chi connectivity index (χ1v) is 10.7. The number of carbonyl (C=O) groups excluding carboxylic acids is 1. The van der Waals surface area contributed by atoms with E-state index in [9.17, 15) is 4.79 Å². The molecule has 3 aliphatic heterocycles. The molecule has 30 heavy (non-hydrogen) atoms. The van der Waals surface area contributed by atoms with Gasteiger partial charge in [0.25, 0.3) is 0 Å². The summed E-state index contributed by atoms with van der Waals surface area (Å²) in [5, 5.41) is 1.05. The maximum absolute atomic E-state index is 13.1. The number of carbonyl (C=O) groups is 1. The first-order valence-electron chi connectivity index (χ1n) is 10.7. The van der Waals surface area contributed by atoms with Crippen molar-refractivity contribution in [2.75, 3.05) is 13.1 Å². The number of fused-ring (bicyclic) bond motifs is 4. The van der Waals surface area contributed by atoms with Gasteiger partial charge in [-0.25, -0.2) is 4.79 Å². The maximum Gasteiger partial charge on any atom is 0.338 e. The Morgan fingerprint density at radius 2 is 1.93 bits per heavy atom. The second kappa shape index (κ2) is 8.04. The van der Waals surface area contributed by atoms with Gasteiger partial charge in [-0.15, -0.1) is 6.58 Å². The number of esters is 1. The number of rotatable bonds is 5. The van der Waals surface area contributed by atoms with Crippen molar-refractivity contribution in [1.29, 1.82) is 0 Å². The largest absolute Gasteiger partial charge is 0.452 e. The van der Waals surface area contributed by atoms with Crippen LogP contribution >= 0.6 is 0 Å². The second-order valence-electron chi connectivity index (χ2n) is 8.36. The molecule has 1 unspecified atom stereocenters. The van der Waals surface area contributed by atoms with Crippen LogP contribution in [-0.2, 0) is 4.74 Å². The fourth-order valence-corrected chi connectivity index (χ4v) is 5.17. The number of pyridine rings is 1. The molecule has 1 aromatic heterocycles. The van der Waals surface area contributed by atoms with Gasteiger partial charge >= 0.3 is 5.97 Å². The van der Waals surface area contributed by atoms with Gasteiger partial charge in [0.1, 0.15) is 6.10 Å². The van der Waals surface area contributed by atoms with Crippen molar-refractivity contribution < 1.29 is 9.53 Å². The monoisotopic (exact) mass is 398 g/mol. The normalized spacial score (nSPS) is 26.3. The standard InChI is InChI=1S/C26H26N2O2/c1-2-18-17-28-15-13-20(18)16-24(28)25(30-26(29)19-8-4-3-5-9-19)22-12-14-27-23-11-7-6-10-21(22)23/h2-12,14,18,20,24-25H,1,13,15-17H2/t18-,20-,24-,25-/m1/s1. The van der Waals surface area contributed by atoms with Crippen molar-refractivity contribution in [1.82, 2.24) is 9.88 Å². The Bertz CT molecular complexity index is 1060. The summed E-state index contributed by atoms with van der Waals surface area (Å²) in [6.45, 7) is 6.07. The highest BCUT2D eigenvalue weighted by Gasteiger charge is 2.44. The van der Waals surface area contributed by atoms with E-state index in [0.29, 0.717) is 17.4 Å². The van der Waals surface area contributed by atoms with Crippen molar-refractivity contribution >= 4 is 16.9 Å². The van der Waals surface area contributed by atoms with Crippen molar-refractivity contribution in [2.45, 2.75) is 25.0 Å². The minimum atomic E-state index is -0.334. The van der Waals surface area contributed by atoms with Crippen LogP contribution in [0, 0.1) is 11.8 Å². The summed E-state index contributed by atoms with van der Waals surface area (Å²) < 4.78 is 6.26. The van der Waals surface area contributed by atoms with E-state index < -0.39 is 0 Å². The number of aromatic nitrogens is 1. The average molecular weight is 399 g/mol. The zero-order chi connectivity index (χ0) is 20.5. The van der Waals surface area contributed by atoms with E-state index in [2.05, 4.69) is 28.6 Å². The van der Waals surface area contributed by atoms with E-state index >= 15 is 0 Å². The molecule has 0 amide bonds. The summed E-state index contributed by atoms with van der Waals surface area (Å²) in [6.07, 6.45) is 5.78. The smallest absolute Gasteiger partial charge is 0.338 e.